The monoisotopic (exact) mass is 434 g/mol. The zero-order valence-electron chi connectivity index (χ0n) is 12.2. The molecule has 7 heteroatoms. The molecule has 0 aliphatic rings. The van der Waals surface area contributed by atoms with E-state index in [1.165, 1.54) is 12.1 Å². The predicted molar refractivity (Wildman–Crippen MR) is 100 cm³/mol. The van der Waals surface area contributed by atoms with E-state index in [2.05, 4.69) is 27.9 Å². The van der Waals surface area contributed by atoms with E-state index in [0.717, 1.165) is 26.1 Å². The normalized spacial score (nSPS) is 10.5. The largest absolute Gasteiger partial charge is 0.478 e. The molecule has 0 spiro atoms. The van der Waals surface area contributed by atoms with Gasteiger partial charge in [0, 0.05) is 21.4 Å². The molecule has 0 fully saturated rings. The first-order valence-electron chi connectivity index (χ1n) is 6.93. The fourth-order valence-electron chi connectivity index (χ4n) is 2.42. The number of nitrogens with one attached hydrogen (secondary N) is 1. The van der Waals surface area contributed by atoms with Crippen molar-refractivity contribution in [2.24, 2.45) is 0 Å². The summed E-state index contributed by atoms with van der Waals surface area (Å²) in [6.45, 7) is 0. The zero-order chi connectivity index (χ0) is 17.3. The van der Waals surface area contributed by atoms with Crippen LogP contribution in [0.1, 0.15) is 10.4 Å². The standard InChI is InChI=1S/C17H11IN2O4/c18-15-8-11(7-10-3-1-2-4-13(10)15)19-16-6-5-12(20(23)24)9-14(16)17(21)22/h1-9,19H,(H,21,22). The third-order valence-corrected chi connectivity index (χ3v) is 4.43. The van der Waals surface area contributed by atoms with Crippen LogP contribution in [0.2, 0.25) is 0 Å². The number of carbonyl (C=O) groups is 1. The molecule has 0 radical (unpaired) electrons. The summed E-state index contributed by atoms with van der Waals surface area (Å²) in [4.78, 5) is 21.6. The van der Waals surface area contributed by atoms with Crippen LogP contribution < -0.4 is 5.32 Å². The van der Waals surface area contributed by atoms with Crippen LogP contribution in [0.4, 0.5) is 17.1 Å². The molecule has 0 atom stereocenters. The molecule has 0 amide bonds. The molecule has 0 heterocycles. The molecule has 0 aromatic heterocycles. The molecule has 6 nitrogen and oxygen atoms in total. The van der Waals surface area contributed by atoms with Crippen molar-refractivity contribution in [3.05, 3.63) is 73.8 Å². The van der Waals surface area contributed by atoms with Crippen molar-refractivity contribution in [3.63, 3.8) is 0 Å². The minimum Gasteiger partial charge on any atom is -0.478 e. The number of hydrogen-bond acceptors (Lipinski definition) is 4. The van der Waals surface area contributed by atoms with Gasteiger partial charge in [-0.1, -0.05) is 24.3 Å². The lowest BCUT2D eigenvalue weighted by Gasteiger charge is -2.11. The van der Waals surface area contributed by atoms with Gasteiger partial charge >= 0.3 is 5.97 Å². The molecule has 3 aromatic rings. The Hall–Kier alpha value is -2.68. The predicted octanol–water partition coefficient (Wildman–Crippen LogP) is 4.79. The summed E-state index contributed by atoms with van der Waals surface area (Å²) >= 11 is 2.22. The number of halogens is 1. The summed E-state index contributed by atoms with van der Waals surface area (Å²) in [5, 5.41) is 25.3. The van der Waals surface area contributed by atoms with Crippen molar-refractivity contribution in [2.45, 2.75) is 0 Å². The number of rotatable bonds is 4. The maximum atomic E-state index is 11.4. The highest BCUT2D eigenvalue weighted by Gasteiger charge is 2.16. The SMILES string of the molecule is O=C(O)c1cc([N+](=O)[O-])ccc1Nc1cc(I)c2ccccc2c1. The first kappa shape index (κ1) is 16.2. The fraction of sp³-hybridized carbons (Fsp3) is 0. The number of non-ortho nitro benzene ring substituents is 1. The number of benzene rings is 3. The lowest BCUT2D eigenvalue weighted by atomic mass is 10.1. The van der Waals surface area contributed by atoms with Gasteiger partial charge in [-0.25, -0.2) is 4.79 Å². The Kier molecular flexibility index (Phi) is 4.34. The van der Waals surface area contributed by atoms with Crippen molar-refractivity contribution >= 4 is 56.4 Å². The van der Waals surface area contributed by atoms with Crippen LogP contribution >= 0.6 is 22.6 Å². The third kappa shape index (κ3) is 3.16. The van der Waals surface area contributed by atoms with E-state index >= 15 is 0 Å². The molecular formula is C17H11IN2O4. The molecule has 2 N–H and O–H groups in total. The molecule has 3 rings (SSSR count). The van der Waals surface area contributed by atoms with Crippen LogP contribution in [0.3, 0.4) is 0 Å². The van der Waals surface area contributed by atoms with Gasteiger partial charge in [0.1, 0.15) is 0 Å². The van der Waals surface area contributed by atoms with Crippen LogP contribution in [-0.2, 0) is 0 Å². The molecule has 0 unspecified atom stereocenters. The van der Waals surface area contributed by atoms with Gasteiger partial charge in [0.15, 0.2) is 0 Å². The highest BCUT2D eigenvalue weighted by atomic mass is 127. The lowest BCUT2D eigenvalue weighted by Crippen LogP contribution is -2.04. The molecule has 0 aliphatic heterocycles. The van der Waals surface area contributed by atoms with Gasteiger partial charge in [0.25, 0.3) is 5.69 Å². The molecule has 0 saturated carbocycles. The van der Waals surface area contributed by atoms with Gasteiger partial charge in [0.2, 0.25) is 0 Å². The average molecular weight is 434 g/mol. The maximum Gasteiger partial charge on any atom is 0.338 e. The van der Waals surface area contributed by atoms with E-state index in [-0.39, 0.29) is 11.3 Å². The quantitative estimate of drug-likeness (QED) is 0.350. The number of carboxylic acids is 1. The number of nitro benzene ring substituents is 1. The van der Waals surface area contributed by atoms with Gasteiger partial charge in [-0.05, 0) is 51.6 Å². The lowest BCUT2D eigenvalue weighted by molar-refractivity contribution is -0.384. The van der Waals surface area contributed by atoms with Crippen molar-refractivity contribution in [1.82, 2.24) is 0 Å². The van der Waals surface area contributed by atoms with E-state index in [9.17, 15) is 20.0 Å². The summed E-state index contributed by atoms with van der Waals surface area (Å²) < 4.78 is 1.02. The minimum absolute atomic E-state index is 0.146. The number of nitro groups is 1. The minimum atomic E-state index is -1.23. The number of fused-ring (bicyclic) bond motifs is 1. The first-order chi connectivity index (χ1) is 11.5. The highest BCUT2D eigenvalue weighted by Crippen LogP contribution is 2.30. The topological polar surface area (TPSA) is 92.5 Å². The number of hydrogen-bond donors (Lipinski definition) is 2. The van der Waals surface area contributed by atoms with E-state index in [1.807, 2.05) is 36.4 Å². The molecule has 24 heavy (non-hydrogen) atoms. The summed E-state index contributed by atoms with van der Waals surface area (Å²) in [5.41, 5.74) is 0.618. The Labute approximate surface area is 150 Å². The van der Waals surface area contributed by atoms with E-state index in [0.29, 0.717) is 5.69 Å². The number of anilines is 2. The summed E-state index contributed by atoms with van der Waals surface area (Å²) in [6, 6.07) is 15.4. The summed E-state index contributed by atoms with van der Waals surface area (Å²) in [5.74, 6) is -1.23. The van der Waals surface area contributed by atoms with Crippen LogP contribution in [0.25, 0.3) is 10.8 Å². The molecule has 120 valence electrons. The van der Waals surface area contributed by atoms with E-state index in [1.54, 1.807) is 0 Å². The zero-order valence-corrected chi connectivity index (χ0v) is 14.4. The third-order valence-electron chi connectivity index (χ3n) is 3.53. The van der Waals surface area contributed by atoms with Crippen molar-refractivity contribution < 1.29 is 14.8 Å². The summed E-state index contributed by atoms with van der Waals surface area (Å²) in [7, 11) is 0. The second kappa shape index (κ2) is 6.44. The molecule has 0 saturated heterocycles. The van der Waals surface area contributed by atoms with Crippen molar-refractivity contribution in [2.75, 3.05) is 5.32 Å². The van der Waals surface area contributed by atoms with Gasteiger partial charge < -0.3 is 10.4 Å². The van der Waals surface area contributed by atoms with Crippen LogP contribution in [0, 0.1) is 13.7 Å². The average Bonchev–Trinajstić information content (AvgIpc) is 2.55. The van der Waals surface area contributed by atoms with E-state index in [4.69, 9.17) is 0 Å². The first-order valence-corrected chi connectivity index (χ1v) is 8.00. The molecular weight excluding hydrogens is 423 g/mol. The van der Waals surface area contributed by atoms with E-state index < -0.39 is 10.9 Å². The molecule has 0 bridgehead atoms. The second-order valence-corrected chi connectivity index (χ2v) is 6.26. The number of aromatic carboxylic acids is 1. The Balaban J connectivity index is 2.05. The van der Waals surface area contributed by atoms with Crippen molar-refractivity contribution in [1.29, 1.82) is 0 Å². The van der Waals surface area contributed by atoms with Gasteiger partial charge in [-0.15, -0.1) is 0 Å². The van der Waals surface area contributed by atoms with Crippen LogP contribution in [0.15, 0.2) is 54.6 Å². The van der Waals surface area contributed by atoms with Gasteiger partial charge in [-0.3, -0.25) is 10.1 Å². The second-order valence-electron chi connectivity index (χ2n) is 5.10. The maximum absolute atomic E-state index is 11.4. The molecule has 3 aromatic carbocycles. The summed E-state index contributed by atoms with van der Waals surface area (Å²) in [6.07, 6.45) is 0. The Morgan fingerprint density at radius 3 is 2.58 bits per heavy atom. The highest BCUT2D eigenvalue weighted by molar-refractivity contribution is 14.1. The Bertz CT molecular complexity index is 972. The Morgan fingerprint density at radius 2 is 1.88 bits per heavy atom. The number of carboxylic acid groups (broad SMARTS) is 1. The van der Waals surface area contributed by atoms with Gasteiger partial charge in [0.05, 0.1) is 16.2 Å². The van der Waals surface area contributed by atoms with Gasteiger partial charge in [-0.2, -0.15) is 0 Å². The van der Waals surface area contributed by atoms with Crippen molar-refractivity contribution in [3.8, 4) is 0 Å². The van der Waals surface area contributed by atoms with Crippen LogP contribution in [0.5, 0.6) is 0 Å². The number of nitrogens with zero attached hydrogens (tertiary/aromatic N) is 1. The fourth-order valence-corrected chi connectivity index (χ4v) is 3.25. The molecule has 0 aliphatic carbocycles. The van der Waals surface area contributed by atoms with Crippen LogP contribution in [-0.4, -0.2) is 16.0 Å². The Morgan fingerprint density at radius 1 is 1.12 bits per heavy atom. The smallest absolute Gasteiger partial charge is 0.338 e.